The van der Waals surface area contributed by atoms with Crippen molar-refractivity contribution in [2.24, 2.45) is 0 Å². The molecule has 3 aromatic rings. The van der Waals surface area contributed by atoms with Crippen molar-refractivity contribution >= 4 is 22.8 Å². The van der Waals surface area contributed by atoms with Crippen molar-refractivity contribution in [3.63, 3.8) is 0 Å². The molecule has 0 unspecified atom stereocenters. The summed E-state index contributed by atoms with van der Waals surface area (Å²) < 4.78 is 18.6. The lowest BCUT2D eigenvalue weighted by Gasteiger charge is -2.13. The number of nitrogens with one attached hydrogen (secondary N) is 2. The van der Waals surface area contributed by atoms with Crippen LogP contribution in [-0.2, 0) is 17.6 Å². The van der Waals surface area contributed by atoms with Gasteiger partial charge in [-0.2, -0.15) is 0 Å². The monoisotopic (exact) mass is 344 g/mol. The molecule has 0 aliphatic carbocycles. The number of carboxylic acids is 1. The van der Waals surface area contributed by atoms with Gasteiger partial charge in [0, 0.05) is 29.9 Å². The first-order chi connectivity index (χ1) is 12.0. The van der Waals surface area contributed by atoms with Gasteiger partial charge in [0.15, 0.2) is 5.76 Å². The molecule has 25 heavy (non-hydrogen) atoms. The second kappa shape index (κ2) is 6.80. The largest absolute Gasteiger partial charge is 0.480 e. The van der Waals surface area contributed by atoms with Gasteiger partial charge in [-0.15, -0.1) is 0 Å². The molecule has 0 fully saturated rings. The van der Waals surface area contributed by atoms with Crippen LogP contribution in [0.2, 0.25) is 0 Å². The van der Waals surface area contributed by atoms with Gasteiger partial charge in [-0.05, 0) is 35.9 Å². The van der Waals surface area contributed by atoms with Crippen LogP contribution in [0.4, 0.5) is 4.39 Å². The molecule has 0 aliphatic heterocycles. The molecule has 0 saturated carbocycles. The van der Waals surface area contributed by atoms with E-state index in [0.29, 0.717) is 28.6 Å². The first kappa shape index (κ1) is 16.8. The van der Waals surface area contributed by atoms with Gasteiger partial charge in [0.05, 0.1) is 0 Å². The Labute approximate surface area is 142 Å². The van der Waals surface area contributed by atoms with Gasteiger partial charge in [-0.3, -0.25) is 4.79 Å². The number of furan rings is 1. The van der Waals surface area contributed by atoms with Gasteiger partial charge in [0.2, 0.25) is 0 Å². The molecule has 3 rings (SSSR count). The number of carbonyl (C=O) groups is 2. The van der Waals surface area contributed by atoms with E-state index in [9.17, 15) is 19.1 Å². The average Bonchev–Trinajstić information content (AvgIpc) is 3.20. The molecule has 2 aromatic heterocycles. The molecule has 1 amide bonds. The van der Waals surface area contributed by atoms with Crippen LogP contribution in [0, 0.1) is 5.82 Å². The van der Waals surface area contributed by atoms with Gasteiger partial charge < -0.3 is 19.8 Å². The molecule has 0 aliphatic rings. The Morgan fingerprint density at radius 2 is 2.12 bits per heavy atom. The number of carboxylic acid groups (broad SMARTS) is 1. The second-order valence-electron chi connectivity index (χ2n) is 5.69. The highest BCUT2D eigenvalue weighted by Gasteiger charge is 2.24. The molecule has 0 spiro atoms. The minimum Gasteiger partial charge on any atom is -0.480 e. The number of amides is 1. The lowest BCUT2D eigenvalue weighted by molar-refractivity contribution is -0.139. The van der Waals surface area contributed by atoms with E-state index in [1.54, 1.807) is 18.3 Å². The summed E-state index contributed by atoms with van der Waals surface area (Å²) in [5.74, 6) is -1.40. The third-order valence-electron chi connectivity index (χ3n) is 3.99. The van der Waals surface area contributed by atoms with Crippen LogP contribution in [0.1, 0.15) is 28.8 Å². The van der Waals surface area contributed by atoms with E-state index >= 15 is 0 Å². The summed E-state index contributed by atoms with van der Waals surface area (Å²) in [7, 11) is 0. The number of aryl methyl sites for hydroxylation is 1. The predicted molar refractivity (Wildman–Crippen MR) is 88.9 cm³/mol. The van der Waals surface area contributed by atoms with Gasteiger partial charge >= 0.3 is 5.97 Å². The number of halogens is 1. The van der Waals surface area contributed by atoms with Crippen molar-refractivity contribution in [2.75, 3.05) is 0 Å². The maximum atomic E-state index is 13.2. The number of aliphatic carboxylic acids is 1. The summed E-state index contributed by atoms with van der Waals surface area (Å²) in [6.07, 6.45) is 2.32. The van der Waals surface area contributed by atoms with E-state index in [1.807, 2.05) is 6.92 Å². The minimum atomic E-state index is -1.16. The number of aromatic nitrogens is 1. The normalized spacial score (nSPS) is 12.2. The van der Waals surface area contributed by atoms with Crippen LogP contribution in [0.3, 0.4) is 0 Å². The summed E-state index contributed by atoms with van der Waals surface area (Å²) in [4.78, 5) is 26.6. The Balaban J connectivity index is 1.78. The Morgan fingerprint density at radius 1 is 1.32 bits per heavy atom. The standard InChI is InChI=1S/C18H17FN2O4/c1-2-12-4-6-16(25-12)17(22)21-15(18(23)24)7-10-9-20-14-8-11(19)3-5-13(10)14/h3-6,8-9,15,20H,2,7H2,1H3,(H,21,22)(H,23,24)/t15-/m0/s1. The number of H-pyrrole nitrogens is 1. The average molecular weight is 344 g/mol. The van der Waals surface area contributed by atoms with Crippen LogP contribution in [0.15, 0.2) is 40.9 Å². The summed E-state index contributed by atoms with van der Waals surface area (Å²) >= 11 is 0. The summed E-state index contributed by atoms with van der Waals surface area (Å²) in [6, 6.07) is 6.29. The smallest absolute Gasteiger partial charge is 0.326 e. The lowest BCUT2D eigenvalue weighted by Crippen LogP contribution is -2.42. The highest BCUT2D eigenvalue weighted by atomic mass is 19.1. The van der Waals surface area contributed by atoms with Crippen LogP contribution in [0.25, 0.3) is 10.9 Å². The van der Waals surface area contributed by atoms with Crippen molar-refractivity contribution in [3.8, 4) is 0 Å². The molecule has 0 radical (unpaired) electrons. The Morgan fingerprint density at radius 3 is 2.80 bits per heavy atom. The quantitative estimate of drug-likeness (QED) is 0.641. The van der Waals surface area contributed by atoms with Crippen LogP contribution in [0.5, 0.6) is 0 Å². The lowest BCUT2D eigenvalue weighted by atomic mass is 10.0. The molecule has 3 N–H and O–H groups in total. The highest BCUT2D eigenvalue weighted by molar-refractivity contribution is 5.94. The van der Waals surface area contributed by atoms with Crippen LogP contribution >= 0.6 is 0 Å². The Kier molecular flexibility index (Phi) is 4.56. The van der Waals surface area contributed by atoms with Crippen molar-refractivity contribution in [1.29, 1.82) is 0 Å². The third kappa shape index (κ3) is 3.55. The van der Waals surface area contributed by atoms with Gasteiger partial charge in [0.25, 0.3) is 5.91 Å². The van der Waals surface area contributed by atoms with Crippen molar-refractivity contribution in [2.45, 2.75) is 25.8 Å². The minimum absolute atomic E-state index is 0.0635. The molecule has 1 aromatic carbocycles. The third-order valence-corrected chi connectivity index (χ3v) is 3.99. The first-order valence-electron chi connectivity index (χ1n) is 7.85. The van der Waals surface area contributed by atoms with Gasteiger partial charge in [-0.1, -0.05) is 6.92 Å². The van der Waals surface area contributed by atoms with Crippen molar-refractivity contribution < 1.29 is 23.5 Å². The molecule has 130 valence electrons. The first-order valence-corrected chi connectivity index (χ1v) is 7.85. The summed E-state index contributed by atoms with van der Waals surface area (Å²) in [5.41, 5.74) is 1.25. The number of rotatable bonds is 6. The summed E-state index contributed by atoms with van der Waals surface area (Å²) in [5, 5.41) is 12.6. The summed E-state index contributed by atoms with van der Waals surface area (Å²) in [6.45, 7) is 1.89. The van der Waals surface area contributed by atoms with Crippen LogP contribution < -0.4 is 5.32 Å². The number of hydrogen-bond donors (Lipinski definition) is 3. The number of hydrogen-bond acceptors (Lipinski definition) is 3. The molecule has 6 nitrogen and oxygen atoms in total. The van der Waals surface area contributed by atoms with E-state index in [2.05, 4.69) is 10.3 Å². The Bertz CT molecular complexity index is 928. The number of aromatic amines is 1. The maximum Gasteiger partial charge on any atom is 0.326 e. The molecule has 7 heteroatoms. The van der Waals surface area contributed by atoms with E-state index in [1.165, 1.54) is 18.2 Å². The molecular weight excluding hydrogens is 327 g/mol. The second-order valence-corrected chi connectivity index (χ2v) is 5.69. The van der Waals surface area contributed by atoms with E-state index < -0.39 is 17.9 Å². The highest BCUT2D eigenvalue weighted by Crippen LogP contribution is 2.21. The molecule has 0 saturated heterocycles. The maximum absolute atomic E-state index is 13.2. The molecule has 0 bridgehead atoms. The SMILES string of the molecule is CCc1ccc(C(=O)N[C@@H](Cc2c[nH]c3cc(F)ccc23)C(=O)O)o1. The van der Waals surface area contributed by atoms with Crippen LogP contribution in [-0.4, -0.2) is 28.0 Å². The van der Waals surface area contributed by atoms with Crippen molar-refractivity contribution in [1.82, 2.24) is 10.3 Å². The topological polar surface area (TPSA) is 95.3 Å². The zero-order valence-corrected chi connectivity index (χ0v) is 13.5. The Hall–Kier alpha value is -3.09. The number of benzene rings is 1. The number of carbonyl (C=O) groups excluding carboxylic acids is 1. The fourth-order valence-electron chi connectivity index (χ4n) is 2.67. The number of fused-ring (bicyclic) bond motifs is 1. The van der Waals surface area contributed by atoms with E-state index in [4.69, 9.17) is 4.42 Å². The zero-order chi connectivity index (χ0) is 18.0. The fourth-order valence-corrected chi connectivity index (χ4v) is 2.67. The molecular formula is C18H17FN2O4. The predicted octanol–water partition coefficient (Wildman–Crippen LogP) is 2.89. The fraction of sp³-hybridized carbons (Fsp3) is 0.222. The van der Waals surface area contributed by atoms with E-state index in [-0.39, 0.29) is 18.0 Å². The zero-order valence-electron chi connectivity index (χ0n) is 13.5. The molecule has 1 atom stereocenters. The van der Waals surface area contributed by atoms with E-state index in [0.717, 1.165) is 0 Å². The van der Waals surface area contributed by atoms with Gasteiger partial charge in [-0.25, -0.2) is 9.18 Å². The van der Waals surface area contributed by atoms with Gasteiger partial charge in [0.1, 0.15) is 17.6 Å². The molecule has 2 heterocycles. The van der Waals surface area contributed by atoms with Crippen molar-refractivity contribution in [3.05, 3.63) is 59.4 Å².